The molecule has 11 aromatic rings. The fourth-order valence-corrected chi connectivity index (χ4v) is 13.1. The Morgan fingerprint density at radius 1 is 0.488 bits per heavy atom. The normalized spacial score (nSPS) is 16.3. The number of nitrogens with one attached hydrogen (secondary N) is 7. The lowest BCUT2D eigenvalue weighted by molar-refractivity contribution is 0.0477. The number of aromatic nitrogens is 11. The molecule has 0 spiro atoms. The zero-order chi connectivity index (χ0) is 88.4. The number of nitrogens with two attached hydrogens (primary N) is 4. The van der Waals surface area contributed by atoms with E-state index in [0.29, 0.717) is 52.7 Å². The minimum Gasteiger partial charge on any atom is -0.537 e. The van der Waals surface area contributed by atoms with Crippen molar-refractivity contribution in [3.8, 4) is 52.1 Å². The quantitative estimate of drug-likeness (QED) is 0.0164. The van der Waals surface area contributed by atoms with E-state index >= 15 is 0 Å². The number of nitrogen functional groups attached to an aromatic ring is 2. The molecule has 0 unspecified atom stereocenters. The molecule has 1 radical (unpaired) electrons. The van der Waals surface area contributed by atoms with E-state index in [1.54, 1.807) is 152 Å². The molecular formula is C86H95BBrClF3N24O7. The van der Waals surface area contributed by atoms with Gasteiger partial charge in [-0.2, -0.15) is 10.5 Å². The van der Waals surface area contributed by atoms with Gasteiger partial charge in [0.05, 0.1) is 28.8 Å². The molecule has 14 rings (SSSR count). The summed E-state index contributed by atoms with van der Waals surface area (Å²) in [5.74, 6) is 0.0212. The van der Waals surface area contributed by atoms with Crippen molar-refractivity contribution >= 4 is 105 Å². The number of primary amides is 1. The Kier molecular flexibility index (Phi) is 35.3. The monoisotopic (exact) mass is 1760 g/mol. The lowest BCUT2D eigenvalue weighted by Gasteiger charge is -2.33. The molecule has 0 bridgehead atoms. The van der Waals surface area contributed by atoms with Crippen molar-refractivity contribution in [1.82, 2.24) is 65.5 Å². The number of alkyl carbamates (subject to hydrolysis) is 2. The molecule has 639 valence electrons. The highest BCUT2D eigenvalue weighted by Gasteiger charge is 2.33. The summed E-state index contributed by atoms with van der Waals surface area (Å²) < 4.78 is 59.7. The maximum absolute atomic E-state index is 15.0. The Morgan fingerprint density at radius 3 is 1.29 bits per heavy atom. The number of anilines is 9. The van der Waals surface area contributed by atoms with Crippen LogP contribution in [-0.4, -0.2) is 133 Å². The van der Waals surface area contributed by atoms with Crippen LogP contribution in [0.2, 0.25) is 5.15 Å². The van der Waals surface area contributed by atoms with Gasteiger partial charge in [-0.05, 0) is 187 Å². The molecular weight excluding hydrogens is 1660 g/mol. The second-order valence-electron chi connectivity index (χ2n) is 30.0. The second kappa shape index (κ2) is 46.4. The van der Waals surface area contributed by atoms with Gasteiger partial charge in [0, 0.05) is 119 Å². The first-order chi connectivity index (χ1) is 59.0. The summed E-state index contributed by atoms with van der Waals surface area (Å²) in [5, 5.41) is 47.9. The van der Waals surface area contributed by atoms with Gasteiger partial charge in [0.2, 0.25) is 0 Å². The van der Waals surface area contributed by atoms with Crippen molar-refractivity contribution in [3.05, 3.63) is 233 Å². The Hall–Kier alpha value is -13.4. The summed E-state index contributed by atoms with van der Waals surface area (Å²) in [5.41, 5.74) is 26.6. The predicted octanol–water partition coefficient (Wildman–Crippen LogP) is 15.9. The zero-order valence-electron chi connectivity index (χ0n) is 68.3. The number of carbonyl (C=O) groups excluding carboxylic acids is 3. The number of nitriles is 2. The maximum atomic E-state index is 15.0. The third-order valence-corrected chi connectivity index (χ3v) is 19.0. The van der Waals surface area contributed by atoms with Gasteiger partial charge in [0.25, 0.3) is 5.91 Å². The van der Waals surface area contributed by atoms with Gasteiger partial charge in [0.15, 0.2) is 62.9 Å². The van der Waals surface area contributed by atoms with E-state index in [1.807, 2.05) is 72.8 Å². The molecule has 37 heteroatoms. The highest BCUT2D eigenvalue weighted by atomic mass is 79.9. The zero-order valence-corrected chi connectivity index (χ0v) is 70.7. The minimum atomic E-state index is -0.780. The smallest absolute Gasteiger partial charge is 0.537 e. The van der Waals surface area contributed by atoms with Crippen LogP contribution in [0.5, 0.6) is 5.75 Å². The Balaban J connectivity index is 0.000000180. The molecule has 0 aliphatic heterocycles. The van der Waals surface area contributed by atoms with Crippen molar-refractivity contribution in [3.63, 3.8) is 0 Å². The Labute approximate surface area is 724 Å². The number of halogens is 5. The lowest BCUT2D eigenvalue weighted by atomic mass is 9.90. The fourth-order valence-electron chi connectivity index (χ4n) is 12.7. The Morgan fingerprint density at radius 2 is 0.870 bits per heavy atom. The number of ether oxygens (including phenoxy) is 2. The number of hydrogen-bond donors (Lipinski definition) is 12. The third-order valence-electron chi connectivity index (χ3n) is 18.3. The van der Waals surface area contributed by atoms with Crippen molar-refractivity contribution in [2.75, 3.05) is 38.1 Å². The van der Waals surface area contributed by atoms with Gasteiger partial charge in [-0.15, -0.1) is 0 Å². The summed E-state index contributed by atoms with van der Waals surface area (Å²) in [4.78, 5) is 81.8. The van der Waals surface area contributed by atoms with Crippen molar-refractivity contribution in [1.29, 1.82) is 10.5 Å². The number of carbonyl (C=O) groups is 3. The maximum Gasteiger partial charge on any atom is 0.569 e. The van der Waals surface area contributed by atoms with E-state index < -0.39 is 46.7 Å². The second-order valence-corrected chi connectivity index (χ2v) is 31.1. The average molecular weight is 1760 g/mol. The molecule has 3 saturated carbocycles. The third kappa shape index (κ3) is 30.7. The number of nitrogens with zero attached hydrogens (tertiary/aromatic N) is 13. The molecule has 3 amide bonds. The molecule has 31 nitrogen and oxygen atoms in total. The van der Waals surface area contributed by atoms with Crippen LogP contribution in [0.3, 0.4) is 0 Å². The molecule has 16 N–H and O–H groups in total. The number of amides is 3. The van der Waals surface area contributed by atoms with Gasteiger partial charge < -0.3 is 79.3 Å². The van der Waals surface area contributed by atoms with Gasteiger partial charge in [0.1, 0.15) is 40.1 Å². The molecule has 3 aliphatic carbocycles. The summed E-state index contributed by atoms with van der Waals surface area (Å²) in [7, 11) is 0.620. The van der Waals surface area contributed by atoms with Gasteiger partial charge in [-0.3, -0.25) is 4.79 Å². The topological polar surface area (TPSA) is 477 Å². The van der Waals surface area contributed by atoms with Crippen LogP contribution in [0.25, 0.3) is 34.2 Å². The van der Waals surface area contributed by atoms with Gasteiger partial charge >= 0.3 is 19.9 Å². The standard InChI is InChI=1S/C27H30FN7O2.C22H24FN7O.C17H22ClFN4O2.C10H9N3.C6H7BNO2.C4H3BrN2/c1-27(2,3)37-26(36)34-22-11-5-4-10-21(22)33-25-20(28)15-18(16-29)24(35-25)32-19-9-6-8-17(14-19)23-30-12-7-13-31-23;23-16-12-15(19(25)31)21(30-22(16)29-18-8-2-1-7-17(18)24)28-14-6-3-5-13(11-14)20-26-9-4-10-27-20;1-17(2,3)25-16(24)22-13-7-5-4-6-12(13)21-15-11(19)8-10(9-20)14(18)23-15;11-9-4-1-3-8(7-9)10-12-5-2-6-13-10;8-5-2-1-3-6(4-5)10-7-9;5-4-6-2-1-3-7-4/h6-9,12-15,21-22H,4-5,10-11H2,1-3H3,(H,34,36)(H2,32,33,35);3-6,9-12,17-18H,1-2,7-8,24H2,(H2,25,31)(H2,28,29,30);8,12-13H,4-7H2,1-3H3,(H,21,23)(H,22,24);1-7H,11H2;1-4,9H,8H2;1-3H/t21-,22+;17-,18+;12-,13+;;;/m101.../s1. The highest BCUT2D eigenvalue weighted by molar-refractivity contribution is 9.10. The van der Waals surface area contributed by atoms with Crippen LogP contribution < -0.4 is 64.8 Å². The van der Waals surface area contributed by atoms with Crippen LogP contribution in [0.15, 0.2) is 194 Å². The molecule has 4 aromatic carbocycles. The van der Waals surface area contributed by atoms with Crippen LogP contribution in [0, 0.1) is 40.1 Å². The lowest BCUT2D eigenvalue weighted by Crippen LogP contribution is -2.50. The molecule has 3 fully saturated rings. The average Bonchev–Trinajstić information content (AvgIpc) is 0.896. The fraction of sp³-hybridized carbons (Fsp3) is 0.302. The highest BCUT2D eigenvalue weighted by Crippen LogP contribution is 2.33. The first kappa shape index (κ1) is 93.5. The van der Waals surface area contributed by atoms with Crippen molar-refractivity contribution in [2.45, 2.75) is 166 Å². The summed E-state index contributed by atoms with van der Waals surface area (Å²) in [6.07, 6.45) is 22.9. The van der Waals surface area contributed by atoms with Crippen LogP contribution >= 0.6 is 27.5 Å². The van der Waals surface area contributed by atoms with E-state index in [1.165, 1.54) is 0 Å². The van der Waals surface area contributed by atoms with Crippen molar-refractivity contribution < 1.29 is 46.7 Å². The van der Waals surface area contributed by atoms with Crippen LogP contribution in [0.4, 0.5) is 74.6 Å². The van der Waals surface area contributed by atoms with Gasteiger partial charge in [-0.25, -0.2) is 77.6 Å². The van der Waals surface area contributed by atoms with E-state index in [2.05, 4.69) is 113 Å². The van der Waals surface area contributed by atoms with Crippen LogP contribution in [0.1, 0.15) is 140 Å². The summed E-state index contributed by atoms with van der Waals surface area (Å²) in [6, 6.07) is 42.0. The first-order valence-corrected chi connectivity index (χ1v) is 40.4. The molecule has 6 atom stereocenters. The summed E-state index contributed by atoms with van der Waals surface area (Å²) >= 11 is 8.97. The van der Waals surface area contributed by atoms with E-state index in [4.69, 9.17) is 54.3 Å². The number of hydrogen-bond acceptors (Lipinski definition) is 28. The number of rotatable bonds is 18. The minimum absolute atomic E-state index is 0.00642. The largest absolute Gasteiger partial charge is 0.569 e. The molecule has 123 heavy (non-hydrogen) atoms. The molecule has 7 aromatic heterocycles. The van der Waals surface area contributed by atoms with E-state index in [0.717, 1.165) is 118 Å². The molecule has 3 aliphatic rings. The van der Waals surface area contributed by atoms with Crippen LogP contribution in [-0.2, 0) is 9.47 Å². The predicted molar refractivity (Wildman–Crippen MR) is 470 cm³/mol. The SMILES string of the molecule is Brc1ncccn1.CC(C)(C)OC(=O)N[C@H]1CCCC[C@H]1Nc1nc(Cl)c(C#N)cc1F.CC(C)(C)OC(=O)N[C@H]1CCCC[C@H]1Nc1nc(Nc2cccc(-c3ncccn3)c2)c(C#N)cc1F.NC(=O)c1cc(F)c(N[C@@H]2CCCC[C@@H]2N)nc1Nc1cccc(-c2ncccn2)c1.Nc1cccc(-c2ncccn2)c1.Nc1cccc(O[B]O)c1. The molecule has 7 heterocycles. The number of benzene rings is 4. The number of pyridine rings is 3. The van der Waals surface area contributed by atoms with E-state index in [9.17, 15) is 32.8 Å². The summed E-state index contributed by atoms with van der Waals surface area (Å²) in [6.45, 7) is 10.8. The first-order valence-electron chi connectivity index (χ1n) is 39.2. The van der Waals surface area contributed by atoms with E-state index in [-0.39, 0.29) is 87.2 Å². The van der Waals surface area contributed by atoms with Gasteiger partial charge in [-0.1, -0.05) is 92.6 Å². The Bertz CT molecular complexity index is 5370. The molecule has 0 saturated heterocycles. The van der Waals surface area contributed by atoms with Crippen molar-refractivity contribution in [2.24, 2.45) is 11.5 Å².